The topological polar surface area (TPSA) is 104 Å². The van der Waals surface area contributed by atoms with Crippen molar-refractivity contribution < 1.29 is 18.8 Å². The molecule has 0 aliphatic heterocycles. The molecule has 0 aliphatic rings. The summed E-state index contributed by atoms with van der Waals surface area (Å²) in [7, 11) is 3.34. The van der Waals surface area contributed by atoms with Gasteiger partial charge in [-0.15, -0.1) is 0 Å². The van der Waals surface area contributed by atoms with Crippen molar-refractivity contribution in [2.45, 2.75) is 6.54 Å². The average molecular weight is 420 g/mol. The summed E-state index contributed by atoms with van der Waals surface area (Å²) in [5, 5.41) is 8.54. The van der Waals surface area contributed by atoms with Gasteiger partial charge < -0.3 is 25.3 Å². The molecule has 0 aliphatic carbocycles. The first-order valence-corrected chi connectivity index (χ1v) is 9.68. The summed E-state index contributed by atoms with van der Waals surface area (Å²) in [4.78, 5) is 37.9. The van der Waals surface area contributed by atoms with E-state index in [9.17, 15) is 14.4 Å². The molecule has 1 heterocycles. The molecule has 0 saturated carbocycles. The number of hydrogen-bond acceptors (Lipinski definition) is 5. The minimum Gasteiger partial charge on any atom is -0.467 e. The number of anilines is 2. The first kappa shape index (κ1) is 21.6. The summed E-state index contributed by atoms with van der Waals surface area (Å²) in [6, 6.07) is 17.1. The normalized spacial score (nSPS) is 10.3. The molecule has 3 N–H and O–H groups in total. The molecule has 8 heteroatoms. The number of nitrogens with one attached hydrogen (secondary N) is 3. The summed E-state index contributed by atoms with van der Waals surface area (Å²) < 4.78 is 5.18. The zero-order valence-electron chi connectivity index (χ0n) is 17.3. The second kappa shape index (κ2) is 10.1. The van der Waals surface area contributed by atoms with Crippen LogP contribution in [0, 0.1) is 0 Å². The predicted molar refractivity (Wildman–Crippen MR) is 118 cm³/mol. The molecule has 8 nitrogen and oxygen atoms in total. The molecule has 3 amide bonds. The van der Waals surface area contributed by atoms with Crippen molar-refractivity contribution in [2.24, 2.45) is 0 Å². The molecule has 3 rings (SSSR count). The van der Waals surface area contributed by atoms with Crippen LogP contribution in [0.25, 0.3) is 0 Å². The van der Waals surface area contributed by atoms with Crippen LogP contribution in [0.5, 0.6) is 0 Å². The first-order chi connectivity index (χ1) is 14.9. The number of carbonyl (C=O) groups excluding carboxylic acids is 3. The molecular weight excluding hydrogens is 396 g/mol. The lowest BCUT2D eigenvalue weighted by Gasteiger charge is -2.12. The zero-order valence-corrected chi connectivity index (χ0v) is 17.3. The fourth-order valence-corrected chi connectivity index (χ4v) is 2.80. The van der Waals surface area contributed by atoms with Gasteiger partial charge >= 0.3 is 0 Å². The second-order valence-electron chi connectivity index (χ2n) is 7.02. The van der Waals surface area contributed by atoms with Crippen LogP contribution in [0.2, 0.25) is 0 Å². The maximum atomic E-state index is 12.2. The SMILES string of the molecule is CN(C)C(=O)c1cccc(NC(=O)CNc2ccc(C(=O)NCc3ccco3)cc2)c1. The van der Waals surface area contributed by atoms with Crippen LogP contribution >= 0.6 is 0 Å². The Morgan fingerprint density at radius 1 is 0.903 bits per heavy atom. The van der Waals surface area contributed by atoms with E-state index < -0.39 is 0 Å². The molecule has 0 spiro atoms. The number of hydrogen-bond donors (Lipinski definition) is 3. The lowest BCUT2D eigenvalue weighted by Crippen LogP contribution is -2.24. The molecule has 0 unspecified atom stereocenters. The quantitative estimate of drug-likeness (QED) is 0.520. The number of furan rings is 1. The van der Waals surface area contributed by atoms with E-state index in [4.69, 9.17) is 4.42 Å². The maximum absolute atomic E-state index is 12.2. The highest BCUT2D eigenvalue weighted by molar-refractivity contribution is 5.98. The Labute approximate surface area is 180 Å². The summed E-state index contributed by atoms with van der Waals surface area (Å²) in [6.45, 7) is 0.350. The third-order valence-corrected chi connectivity index (χ3v) is 4.40. The molecule has 160 valence electrons. The number of amides is 3. The van der Waals surface area contributed by atoms with Gasteiger partial charge in [0.2, 0.25) is 5.91 Å². The van der Waals surface area contributed by atoms with Gasteiger partial charge in [-0.2, -0.15) is 0 Å². The van der Waals surface area contributed by atoms with E-state index >= 15 is 0 Å². The van der Waals surface area contributed by atoms with Crippen molar-refractivity contribution in [2.75, 3.05) is 31.3 Å². The smallest absolute Gasteiger partial charge is 0.253 e. The molecule has 0 bridgehead atoms. The van der Waals surface area contributed by atoms with E-state index in [2.05, 4.69) is 16.0 Å². The van der Waals surface area contributed by atoms with Crippen LogP contribution in [0.4, 0.5) is 11.4 Å². The van der Waals surface area contributed by atoms with Gasteiger partial charge in [0.25, 0.3) is 11.8 Å². The van der Waals surface area contributed by atoms with Crippen molar-refractivity contribution in [3.8, 4) is 0 Å². The van der Waals surface area contributed by atoms with Gasteiger partial charge in [-0.05, 0) is 54.6 Å². The third kappa shape index (κ3) is 6.20. The number of carbonyl (C=O) groups is 3. The van der Waals surface area contributed by atoms with E-state index in [0.29, 0.717) is 34.8 Å². The molecule has 0 fully saturated rings. The Morgan fingerprint density at radius 2 is 1.68 bits per heavy atom. The van der Waals surface area contributed by atoms with Gasteiger partial charge in [0.05, 0.1) is 19.4 Å². The highest BCUT2D eigenvalue weighted by Crippen LogP contribution is 2.13. The monoisotopic (exact) mass is 420 g/mol. The fraction of sp³-hybridized carbons (Fsp3) is 0.174. The standard InChI is InChI=1S/C23H24N4O4/c1-27(2)23(30)17-5-3-6-19(13-17)26-21(28)15-24-18-10-8-16(9-11-18)22(29)25-14-20-7-4-12-31-20/h3-13,24H,14-15H2,1-2H3,(H,25,29)(H,26,28). The first-order valence-electron chi connectivity index (χ1n) is 9.68. The van der Waals surface area contributed by atoms with Crippen molar-refractivity contribution in [1.82, 2.24) is 10.2 Å². The Balaban J connectivity index is 1.48. The van der Waals surface area contributed by atoms with Gasteiger partial charge in [-0.1, -0.05) is 6.07 Å². The summed E-state index contributed by atoms with van der Waals surface area (Å²) >= 11 is 0. The van der Waals surface area contributed by atoms with Crippen molar-refractivity contribution in [3.05, 3.63) is 83.8 Å². The van der Waals surface area contributed by atoms with E-state index in [1.807, 2.05) is 0 Å². The second-order valence-corrected chi connectivity index (χ2v) is 7.02. The Kier molecular flexibility index (Phi) is 7.05. The molecule has 0 saturated heterocycles. The summed E-state index contributed by atoms with van der Waals surface area (Å²) in [5.41, 5.74) is 2.25. The molecule has 0 atom stereocenters. The lowest BCUT2D eigenvalue weighted by molar-refractivity contribution is -0.114. The number of rotatable bonds is 8. The van der Waals surface area contributed by atoms with Crippen LogP contribution in [0.1, 0.15) is 26.5 Å². The van der Waals surface area contributed by atoms with E-state index in [1.165, 1.54) is 4.90 Å². The minimum atomic E-state index is -0.255. The Morgan fingerprint density at radius 3 is 2.35 bits per heavy atom. The molecular formula is C23H24N4O4. The fourth-order valence-electron chi connectivity index (χ4n) is 2.80. The number of benzene rings is 2. The van der Waals surface area contributed by atoms with Crippen LogP contribution in [-0.2, 0) is 11.3 Å². The van der Waals surface area contributed by atoms with Crippen molar-refractivity contribution in [3.63, 3.8) is 0 Å². The van der Waals surface area contributed by atoms with E-state index in [0.717, 1.165) is 0 Å². The van der Waals surface area contributed by atoms with E-state index in [-0.39, 0.29) is 24.3 Å². The molecule has 1 aromatic heterocycles. The summed E-state index contributed by atoms with van der Waals surface area (Å²) in [6.07, 6.45) is 1.55. The average Bonchev–Trinajstić information content (AvgIpc) is 3.29. The van der Waals surface area contributed by atoms with Gasteiger partial charge in [-0.3, -0.25) is 14.4 Å². The van der Waals surface area contributed by atoms with Crippen LogP contribution in [0.15, 0.2) is 71.3 Å². The van der Waals surface area contributed by atoms with Crippen LogP contribution in [-0.4, -0.2) is 43.3 Å². The van der Waals surface area contributed by atoms with Gasteiger partial charge in [0.15, 0.2) is 0 Å². The highest BCUT2D eigenvalue weighted by atomic mass is 16.3. The minimum absolute atomic E-state index is 0.0376. The molecule has 2 aromatic carbocycles. The largest absolute Gasteiger partial charge is 0.467 e. The molecule has 0 radical (unpaired) electrons. The van der Waals surface area contributed by atoms with Crippen molar-refractivity contribution >= 4 is 29.1 Å². The van der Waals surface area contributed by atoms with Gasteiger partial charge in [0.1, 0.15) is 5.76 Å². The molecule has 31 heavy (non-hydrogen) atoms. The van der Waals surface area contributed by atoms with Gasteiger partial charge in [0, 0.05) is 36.6 Å². The Hall–Kier alpha value is -4.07. The highest BCUT2D eigenvalue weighted by Gasteiger charge is 2.10. The van der Waals surface area contributed by atoms with Crippen molar-refractivity contribution in [1.29, 1.82) is 0 Å². The Bertz CT molecular complexity index is 1040. The lowest BCUT2D eigenvalue weighted by atomic mass is 10.2. The van der Waals surface area contributed by atoms with Gasteiger partial charge in [-0.25, -0.2) is 0 Å². The van der Waals surface area contributed by atoms with Crippen LogP contribution in [0.3, 0.4) is 0 Å². The summed E-state index contributed by atoms with van der Waals surface area (Å²) in [5.74, 6) is 0.0688. The van der Waals surface area contributed by atoms with Crippen LogP contribution < -0.4 is 16.0 Å². The number of nitrogens with zero attached hydrogens (tertiary/aromatic N) is 1. The zero-order chi connectivity index (χ0) is 22.2. The maximum Gasteiger partial charge on any atom is 0.253 e. The van der Waals surface area contributed by atoms with E-state index in [1.54, 1.807) is 81.0 Å². The predicted octanol–water partition coefficient (Wildman–Crippen LogP) is 2.96. The third-order valence-electron chi connectivity index (χ3n) is 4.40. The molecule has 3 aromatic rings.